The molecule has 1 aromatic heterocycles. The third-order valence-electron chi connectivity index (χ3n) is 2.68. The van der Waals surface area contributed by atoms with Crippen molar-refractivity contribution in [2.75, 3.05) is 13.7 Å². The van der Waals surface area contributed by atoms with Gasteiger partial charge in [-0.1, -0.05) is 24.3 Å². The number of hydrogen-bond donors (Lipinski definition) is 1. The molecule has 2 rings (SSSR count). The summed E-state index contributed by atoms with van der Waals surface area (Å²) in [5.41, 5.74) is 5.00. The van der Waals surface area contributed by atoms with Crippen molar-refractivity contribution >= 4 is 44.1 Å². The van der Waals surface area contributed by atoms with Crippen LogP contribution in [0.2, 0.25) is 0 Å². The number of nitrogens with zero attached hydrogens (tertiary/aromatic N) is 1. The normalized spacial score (nSPS) is 11.3. The molecular formula is C12H12N2O5S2. The Morgan fingerprint density at radius 2 is 2.00 bits per heavy atom. The summed E-state index contributed by atoms with van der Waals surface area (Å²) in [6.07, 6.45) is -1.16. The lowest BCUT2D eigenvalue weighted by Gasteiger charge is -2.18. The molecule has 21 heavy (non-hydrogen) atoms. The summed E-state index contributed by atoms with van der Waals surface area (Å²) in [4.78, 5) is 22.7. The summed E-state index contributed by atoms with van der Waals surface area (Å²) in [5.74, 6) is -0.954. The second-order valence-electron chi connectivity index (χ2n) is 4.06. The number of sulfonamides is 1. The molecule has 112 valence electrons. The number of benzene rings is 1. The Bertz CT molecular complexity index is 797. The third-order valence-corrected chi connectivity index (χ3v) is 5.95. The minimum atomic E-state index is -4.21. The Hall–Kier alpha value is -2.13. The quantitative estimate of drug-likeness (QED) is 0.906. The molecular weight excluding hydrogens is 316 g/mol. The van der Waals surface area contributed by atoms with Crippen molar-refractivity contribution < 1.29 is 22.7 Å². The number of fused-ring (bicyclic) bond motifs is 1. The molecule has 0 bridgehead atoms. The molecule has 0 saturated carbocycles. The van der Waals surface area contributed by atoms with Crippen LogP contribution in [-0.4, -0.2) is 38.4 Å². The average Bonchev–Trinajstić information content (AvgIpc) is 2.88. The Morgan fingerprint density at radius 1 is 1.33 bits per heavy atom. The van der Waals surface area contributed by atoms with Crippen LogP contribution in [0.3, 0.4) is 0 Å². The molecule has 0 unspecified atom stereocenters. The van der Waals surface area contributed by atoms with Crippen molar-refractivity contribution in [2.45, 2.75) is 4.21 Å². The van der Waals surface area contributed by atoms with E-state index in [1.54, 1.807) is 29.6 Å². The predicted octanol–water partition coefficient (Wildman–Crippen LogP) is 1.14. The first-order chi connectivity index (χ1) is 9.87. The topological polar surface area (TPSA) is 107 Å². The number of hydrogen-bond acceptors (Lipinski definition) is 6. The van der Waals surface area contributed by atoms with Crippen molar-refractivity contribution in [2.24, 2.45) is 5.73 Å². The van der Waals surface area contributed by atoms with Gasteiger partial charge in [-0.15, -0.1) is 11.3 Å². The van der Waals surface area contributed by atoms with Gasteiger partial charge < -0.3 is 10.5 Å². The molecule has 0 fully saturated rings. The number of thiophene rings is 1. The number of nitrogens with two attached hydrogens (primary N) is 1. The highest BCUT2D eigenvalue weighted by atomic mass is 32.2. The molecule has 0 spiro atoms. The first-order valence-corrected chi connectivity index (χ1v) is 8.05. The first kappa shape index (κ1) is 15.3. The molecule has 0 atom stereocenters. The van der Waals surface area contributed by atoms with Crippen LogP contribution in [0.15, 0.2) is 33.9 Å². The molecule has 1 heterocycles. The van der Waals surface area contributed by atoms with Crippen molar-refractivity contribution in [3.05, 3.63) is 29.6 Å². The molecule has 9 heteroatoms. The molecule has 0 aliphatic heterocycles. The number of rotatable bonds is 4. The second-order valence-corrected chi connectivity index (χ2v) is 7.00. The Labute approximate surface area is 125 Å². The number of ether oxygens (including phenoxy) is 1. The summed E-state index contributed by atoms with van der Waals surface area (Å²) in [6, 6.07) is 6.83. The predicted molar refractivity (Wildman–Crippen MR) is 77.3 cm³/mol. The zero-order valence-electron chi connectivity index (χ0n) is 11.0. The summed E-state index contributed by atoms with van der Waals surface area (Å²) < 4.78 is 29.8. The summed E-state index contributed by atoms with van der Waals surface area (Å²) in [6.45, 7) is -0.777. The van der Waals surface area contributed by atoms with E-state index in [-0.39, 0.29) is 4.21 Å². The molecule has 2 amide bonds. The van der Waals surface area contributed by atoms with E-state index in [2.05, 4.69) is 4.74 Å². The highest BCUT2D eigenvalue weighted by Gasteiger charge is 2.33. The smallest absolute Gasteiger partial charge is 0.424 e. The highest BCUT2D eigenvalue weighted by Crippen LogP contribution is 2.32. The van der Waals surface area contributed by atoms with E-state index < -0.39 is 28.6 Å². The summed E-state index contributed by atoms with van der Waals surface area (Å²) in [7, 11) is -3.19. The van der Waals surface area contributed by atoms with Crippen molar-refractivity contribution in [1.29, 1.82) is 0 Å². The van der Waals surface area contributed by atoms with Crippen LogP contribution in [0.25, 0.3) is 10.8 Å². The van der Waals surface area contributed by atoms with Crippen LogP contribution in [0.1, 0.15) is 0 Å². The lowest BCUT2D eigenvalue weighted by atomic mass is 10.2. The maximum Gasteiger partial charge on any atom is 0.424 e. The van der Waals surface area contributed by atoms with E-state index in [0.29, 0.717) is 9.69 Å². The van der Waals surface area contributed by atoms with Gasteiger partial charge >= 0.3 is 6.09 Å². The molecule has 7 nitrogen and oxygen atoms in total. The molecule has 0 saturated heterocycles. The largest absolute Gasteiger partial charge is 0.452 e. The SMILES string of the molecule is COC(=O)N(CC(N)=O)S(=O)(=O)c1scc2ccccc12. The van der Waals surface area contributed by atoms with Gasteiger partial charge in [0.1, 0.15) is 10.8 Å². The van der Waals surface area contributed by atoms with E-state index in [1.807, 2.05) is 0 Å². The van der Waals surface area contributed by atoms with Gasteiger partial charge in [0.25, 0.3) is 10.0 Å². The van der Waals surface area contributed by atoms with Crippen molar-refractivity contribution in [3.63, 3.8) is 0 Å². The van der Waals surface area contributed by atoms with Crippen LogP contribution in [0.5, 0.6) is 0 Å². The molecule has 2 N–H and O–H groups in total. The minimum absolute atomic E-state index is 0.0373. The average molecular weight is 328 g/mol. The van der Waals surface area contributed by atoms with Crippen LogP contribution in [0, 0.1) is 0 Å². The Balaban J connectivity index is 2.57. The van der Waals surface area contributed by atoms with E-state index in [0.717, 1.165) is 23.8 Å². The van der Waals surface area contributed by atoms with Gasteiger partial charge in [-0.25, -0.2) is 4.79 Å². The van der Waals surface area contributed by atoms with Gasteiger partial charge in [0.2, 0.25) is 5.91 Å². The van der Waals surface area contributed by atoms with Gasteiger partial charge in [-0.2, -0.15) is 12.7 Å². The van der Waals surface area contributed by atoms with Crippen molar-refractivity contribution in [1.82, 2.24) is 4.31 Å². The van der Waals surface area contributed by atoms with Crippen molar-refractivity contribution in [3.8, 4) is 0 Å². The number of carbonyl (C=O) groups is 2. The molecule has 0 aliphatic rings. The number of carbonyl (C=O) groups excluding carboxylic acids is 2. The maximum atomic E-state index is 12.6. The second kappa shape index (κ2) is 5.70. The first-order valence-electron chi connectivity index (χ1n) is 5.73. The lowest BCUT2D eigenvalue weighted by Crippen LogP contribution is -2.42. The van der Waals surface area contributed by atoms with Gasteiger partial charge in [0.05, 0.1) is 7.11 Å². The Morgan fingerprint density at radius 3 is 2.62 bits per heavy atom. The molecule has 0 aliphatic carbocycles. The maximum absolute atomic E-state index is 12.6. The zero-order chi connectivity index (χ0) is 15.6. The van der Waals surface area contributed by atoms with Gasteiger partial charge in [0.15, 0.2) is 0 Å². The lowest BCUT2D eigenvalue weighted by molar-refractivity contribution is -0.118. The molecule has 2 aromatic rings. The van der Waals surface area contributed by atoms with E-state index in [1.165, 1.54) is 0 Å². The highest BCUT2D eigenvalue weighted by molar-refractivity contribution is 7.92. The fourth-order valence-electron chi connectivity index (χ4n) is 1.76. The number of methoxy groups -OCH3 is 1. The summed E-state index contributed by atoms with van der Waals surface area (Å²) in [5, 5.41) is 2.85. The summed E-state index contributed by atoms with van der Waals surface area (Å²) >= 11 is 0.964. The van der Waals surface area contributed by atoms with Gasteiger partial charge in [-0.3, -0.25) is 4.79 Å². The van der Waals surface area contributed by atoms with E-state index >= 15 is 0 Å². The fourth-order valence-corrected chi connectivity index (χ4v) is 4.64. The fraction of sp³-hybridized carbons (Fsp3) is 0.167. The standard InChI is InChI=1S/C12H12N2O5S2/c1-19-12(16)14(6-10(13)15)21(17,18)11-9-5-3-2-4-8(9)7-20-11/h2-5,7H,6H2,1H3,(H2,13,15). The number of amides is 2. The van der Waals surface area contributed by atoms with Gasteiger partial charge in [0, 0.05) is 10.8 Å². The molecule has 0 radical (unpaired) electrons. The van der Waals surface area contributed by atoms with Crippen LogP contribution < -0.4 is 5.73 Å². The van der Waals surface area contributed by atoms with Gasteiger partial charge in [-0.05, 0) is 5.39 Å². The monoisotopic (exact) mass is 328 g/mol. The minimum Gasteiger partial charge on any atom is -0.452 e. The number of primary amides is 1. The molecule has 1 aromatic carbocycles. The zero-order valence-corrected chi connectivity index (χ0v) is 12.6. The van der Waals surface area contributed by atoms with Crippen LogP contribution in [0.4, 0.5) is 4.79 Å². The Kier molecular flexibility index (Phi) is 4.14. The van der Waals surface area contributed by atoms with Crippen LogP contribution in [-0.2, 0) is 19.6 Å². The van der Waals surface area contributed by atoms with E-state index in [4.69, 9.17) is 5.73 Å². The third kappa shape index (κ3) is 2.83. The van der Waals surface area contributed by atoms with Crippen LogP contribution >= 0.6 is 11.3 Å². The van der Waals surface area contributed by atoms with E-state index in [9.17, 15) is 18.0 Å².